The molecule has 31 heavy (non-hydrogen) atoms. The molecule has 0 bridgehead atoms. The maximum atomic E-state index is 13.3. The van der Waals surface area contributed by atoms with Gasteiger partial charge in [-0.05, 0) is 17.7 Å². The second-order valence-corrected chi connectivity index (χ2v) is 7.27. The Balaban J connectivity index is 1.60. The molecular weight excluding hydrogens is 411 g/mol. The number of halogens is 3. The number of rotatable bonds is 6. The lowest BCUT2D eigenvalue weighted by molar-refractivity contribution is -0.140. The predicted octanol–water partition coefficient (Wildman–Crippen LogP) is 2.96. The largest absolute Gasteiger partial charge is 0.406 e. The average molecular weight is 431 g/mol. The van der Waals surface area contributed by atoms with Gasteiger partial charge < -0.3 is 20.4 Å². The van der Waals surface area contributed by atoms with Crippen LogP contribution in [-0.2, 0) is 24.3 Å². The normalized spacial score (nSPS) is 16.1. The number of nitrogens with zero attached hydrogens (tertiary/aromatic N) is 3. The monoisotopic (exact) mass is 431 g/mol. The van der Waals surface area contributed by atoms with Crippen LogP contribution in [0.15, 0.2) is 48.7 Å². The second kappa shape index (κ2) is 8.38. The first-order valence-electron chi connectivity index (χ1n) is 9.61. The summed E-state index contributed by atoms with van der Waals surface area (Å²) in [6.45, 7) is -0.728. The van der Waals surface area contributed by atoms with Gasteiger partial charge in [0.15, 0.2) is 0 Å². The van der Waals surface area contributed by atoms with Crippen LogP contribution in [0, 0.1) is 0 Å². The lowest BCUT2D eigenvalue weighted by Gasteiger charge is -2.26. The first-order valence-corrected chi connectivity index (χ1v) is 9.61. The molecule has 162 valence electrons. The molecule has 4 rings (SSSR count). The van der Waals surface area contributed by atoms with Gasteiger partial charge in [-0.25, -0.2) is 9.97 Å². The van der Waals surface area contributed by atoms with Gasteiger partial charge in [-0.2, -0.15) is 13.2 Å². The summed E-state index contributed by atoms with van der Waals surface area (Å²) in [5, 5.41) is 2.81. The molecule has 2 aromatic heterocycles. The number of aromatic nitrogens is 3. The molecule has 3 heterocycles. The molecule has 3 N–H and O–H groups in total. The van der Waals surface area contributed by atoms with Crippen LogP contribution in [0.25, 0.3) is 11.4 Å². The van der Waals surface area contributed by atoms with Crippen molar-refractivity contribution in [1.29, 1.82) is 0 Å². The van der Waals surface area contributed by atoms with Gasteiger partial charge in [-0.1, -0.05) is 30.3 Å². The zero-order chi connectivity index (χ0) is 22.0. The van der Waals surface area contributed by atoms with Crippen LogP contribution < -0.4 is 11.1 Å². The number of nitrogens with one attached hydrogen (secondary N) is 1. The maximum Gasteiger partial charge on any atom is 0.406 e. The summed E-state index contributed by atoms with van der Waals surface area (Å²) in [4.78, 5) is 20.4. The minimum Gasteiger partial charge on any atom is -0.375 e. The summed E-state index contributed by atoms with van der Waals surface area (Å²) in [5.41, 5.74) is 7.43. The number of nitrogen functional groups attached to an aromatic ring is 1. The Morgan fingerprint density at radius 3 is 2.71 bits per heavy atom. The quantitative estimate of drug-likeness (QED) is 0.626. The summed E-state index contributed by atoms with van der Waals surface area (Å²) in [6, 6.07) is 11.9. The standard InChI is InChI=1S/C21H20F3N5O2/c22-21(23,24)12-29-17-8-14(11-31-10-13-4-2-1-3-5-13)27-19(30)15(17)9-18(29)16-6-7-26-20(25)28-16/h1-7,9,14H,8,10-12H2,(H,27,30)(H2,25,26,28). The molecule has 0 saturated carbocycles. The lowest BCUT2D eigenvalue weighted by atomic mass is 10.0. The Kier molecular flexibility index (Phi) is 5.64. The van der Waals surface area contributed by atoms with E-state index in [4.69, 9.17) is 10.5 Å². The number of nitrogens with two attached hydrogens (primary N) is 1. The highest BCUT2D eigenvalue weighted by atomic mass is 19.4. The number of benzene rings is 1. The molecule has 7 nitrogen and oxygen atoms in total. The van der Waals surface area contributed by atoms with Gasteiger partial charge in [0.2, 0.25) is 5.95 Å². The number of carbonyl (C=O) groups is 1. The van der Waals surface area contributed by atoms with Gasteiger partial charge in [0, 0.05) is 18.3 Å². The van der Waals surface area contributed by atoms with Crippen LogP contribution in [-0.4, -0.2) is 39.3 Å². The fraction of sp³-hybridized carbons (Fsp3) is 0.286. The van der Waals surface area contributed by atoms with Gasteiger partial charge in [0.05, 0.1) is 36.2 Å². The maximum absolute atomic E-state index is 13.3. The van der Waals surface area contributed by atoms with Crippen LogP contribution in [0.5, 0.6) is 0 Å². The van der Waals surface area contributed by atoms with Gasteiger partial charge in [-0.3, -0.25) is 4.79 Å². The summed E-state index contributed by atoms with van der Waals surface area (Å²) in [5.74, 6) is -0.509. The topological polar surface area (TPSA) is 95.1 Å². The third kappa shape index (κ3) is 4.85. The molecule has 1 aliphatic rings. The van der Waals surface area contributed by atoms with Crippen molar-refractivity contribution in [2.75, 3.05) is 12.3 Å². The minimum absolute atomic E-state index is 0.0631. The summed E-state index contributed by atoms with van der Waals surface area (Å²) >= 11 is 0. The SMILES string of the molecule is Nc1nccc(-c2cc3c(n2CC(F)(F)F)CC(COCc2ccccc2)NC3=O)n1. The minimum atomic E-state index is -4.48. The Hall–Kier alpha value is -3.40. The molecular formula is C21H20F3N5O2. The van der Waals surface area contributed by atoms with Crippen LogP contribution in [0.2, 0.25) is 0 Å². The number of hydrogen-bond donors (Lipinski definition) is 2. The lowest BCUT2D eigenvalue weighted by Crippen LogP contribution is -2.44. The molecule has 1 amide bonds. The predicted molar refractivity (Wildman–Crippen MR) is 107 cm³/mol. The highest BCUT2D eigenvalue weighted by Crippen LogP contribution is 2.31. The van der Waals surface area contributed by atoms with E-state index in [1.54, 1.807) is 0 Å². The fourth-order valence-corrected chi connectivity index (χ4v) is 3.64. The summed E-state index contributed by atoms with van der Waals surface area (Å²) in [6.07, 6.45) is -2.91. The molecule has 1 atom stereocenters. The van der Waals surface area contributed by atoms with E-state index in [1.807, 2.05) is 30.3 Å². The molecule has 10 heteroatoms. The van der Waals surface area contributed by atoms with Crippen molar-refractivity contribution < 1.29 is 22.7 Å². The van der Waals surface area contributed by atoms with Crippen molar-refractivity contribution in [3.8, 4) is 11.4 Å². The van der Waals surface area contributed by atoms with Crippen molar-refractivity contribution in [2.45, 2.75) is 31.8 Å². The smallest absolute Gasteiger partial charge is 0.375 e. The molecule has 1 aromatic carbocycles. The number of hydrogen-bond acceptors (Lipinski definition) is 5. The summed E-state index contributed by atoms with van der Waals surface area (Å²) < 4.78 is 46.8. The Morgan fingerprint density at radius 2 is 2.00 bits per heavy atom. The van der Waals surface area contributed by atoms with E-state index in [-0.39, 0.29) is 35.9 Å². The van der Waals surface area contributed by atoms with Crippen molar-refractivity contribution >= 4 is 11.9 Å². The van der Waals surface area contributed by atoms with E-state index in [9.17, 15) is 18.0 Å². The Labute approximate surface area is 176 Å². The average Bonchev–Trinajstić information content (AvgIpc) is 3.06. The van der Waals surface area contributed by atoms with E-state index in [2.05, 4.69) is 15.3 Å². The first kappa shape index (κ1) is 20.9. The molecule has 0 fully saturated rings. The number of anilines is 1. The van der Waals surface area contributed by atoms with Crippen molar-refractivity contribution in [3.63, 3.8) is 0 Å². The zero-order valence-corrected chi connectivity index (χ0v) is 16.4. The van der Waals surface area contributed by atoms with Crippen LogP contribution in [0.3, 0.4) is 0 Å². The highest BCUT2D eigenvalue weighted by molar-refractivity contribution is 5.98. The van der Waals surface area contributed by atoms with Crippen LogP contribution in [0.1, 0.15) is 21.6 Å². The summed E-state index contributed by atoms with van der Waals surface area (Å²) in [7, 11) is 0. The van der Waals surface area contributed by atoms with E-state index in [1.165, 1.54) is 18.3 Å². The molecule has 1 unspecified atom stereocenters. The van der Waals surface area contributed by atoms with Gasteiger partial charge in [0.25, 0.3) is 5.91 Å². The number of amides is 1. The van der Waals surface area contributed by atoms with Gasteiger partial charge >= 0.3 is 6.18 Å². The van der Waals surface area contributed by atoms with E-state index >= 15 is 0 Å². The third-order valence-corrected chi connectivity index (χ3v) is 4.93. The van der Waals surface area contributed by atoms with Crippen LogP contribution in [0.4, 0.5) is 19.1 Å². The number of fused-ring (bicyclic) bond motifs is 1. The Bertz CT molecular complexity index is 1080. The fourth-order valence-electron chi connectivity index (χ4n) is 3.64. The van der Waals surface area contributed by atoms with E-state index < -0.39 is 24.7 Å². The van der Waals surface area contributed by atoms with Crippen molar-refractivity contribution in [3.05, 3.63) is 65.5 Å². The molecule has 1 aliphatic heterocycles. The van der Waals surface area contributed by atoms with Crippen molar-refractivity contribution in [2.24, 2.45) is 0 Å². The van der Waals surface area contributed by atoms with Gasteiger partial charge in [-0.15, -0.1) is 0 Å². The molecule has 0 aliphatic carbocycles. The van der Waals surface area contributed by atoms with Gasteiger partial charge in [0.1, 0.15) is 6.54 Å². The van der Waals surface area contributed by atoms with E-state index in [0.29, 0.717) is 12.3 Å². The molecule has 0 spiro atoms. The zero-order valence-electron chi connectivity index (χ0n) is 16.4. The Morgan fingerprint density at radius 1 is 1.23 bits per heavy atom. The number of ether oxygens (including phenoxy) is 1. The van der Waals surface area contributed by atoms with E-state index in [0.717, 1.165) is 10.1 Å². The van der Waals surface area contributed by atoms with Crippen molar-refractivity contribution in [1.82, 2.24) is 19.9 Å². The highest BCUT2D eigenvalue weighted by Gasteiger charge is 2.35. The first-order chi connectivity index (χ1) is 14.8. The third-order valence-electron chi connectivity index (χ3n) is 4.93. The molecule has 0 saturated heterocycles. The second-order valence-electron chi connectivity index (χ2n) is 7.27. The molecule has 0 radical (unpaired) electrons. The number of alkyl halides is 3. The molecule has 3 aromatic rings. The number of carbonyl (C=O) groups excluding carboxylic acids is 1. The van der Waals surface area contributed by atoms with Crippen LogP contribution >= 0.6 is 0 Å².